The topological polar surface area (TPSA) is 23.5 Å². The normalized spacial score (nSPS) is 19.8. The van der Waals surface area contributed by atoms with Crippen LogP contribution in [0, 0.1) is 5.92 Å². The number of hydrogen-bond donors (Lipinski definition) is 1. The van der Waals surface area contributed by atoms with Gasteiger partial charge < -0.3 is 10.0 Å². The molecule has 0 spiro atoms. The van der Waals surface area contributed by atoms with E-state index in [1.807, 2.05) is 0 Å². The molecular formula is C13H27NO. The first-order valence-electron chi connectivity index (χ1n) is 6.38. The van der Waals surface area contributed by atoms with Crippen molar-refractivity contribution in [3.05, 3.63) is 0 Å². The molecule has 90 valence electrons. The van der Waals surface area contributed by atoms with E-state index in [9.17, 15) is 0 Å². The molecule has 1 fully saturated rings. The molecule has 0 amide bonds. The lowest BCUT2D eigenvalue weighted by atomic mass is 9.87. The van der Waals surface area contributed by atoms with Gasteiger partial charge in [-0.1, -0.05) is 19.3 Å². The van der Waals surface area contributed by atoms with E-state index in [0.29, 0.717) is 6.61 Å². The summed E-state index contributed by atoms with van der Waals surface area (Å²) in [6.07, 6.45) is 7.94. The molecule has 2 nitrogen and oxygen atoms in total. The maximum atomic E-state index is 9.03. The Hall–Kier alpha value is -0.0800. The molecule has 0 aromatic rings. The molecule has 1 saturated carbocycles. The number of aliphatic hydroxyl groups is 1. The van der Waals surface area contributed by atoms with Gasteiger partial charge in [-0.25, -0.2) is 0 Å². The number of aliphatic hydroxyl groups excluding tert-OH is 1. The van der Waals surface area contributed by atoms with E-state index in [2.05, 4.69) is 25.8 Å². The van der Waals surface area contributed by atoms with Crippen molar-refractivity contribution in [2.45, 2.75) is 57.9 Å². The molecule has 1 N–H and O–H groups in total. The van der Waals surface area contributed by atoms with Crippen molar-refractivity contribution < 1.29 is 5.11 Å². The summed E-state index contributed by atoms with van der Waals surface area (Å²) in [5.41, 5.74) is 0.145. The highest BCUT2D eigenvalue weighted by Gasteiger charge is 2.25. The fourth-order valence-corrected chi connectivity index (χ4v) is 2.47. The molecule has 0 saturated heterocycles. The van der Waals surface area contributed by atoms with Crippen molar-refractivity contribution in [3.63, 3.8) is 0 Å². The predicted molar refractivity (Wildman–Crippen MR) is 65.0 cm³/mol. The third kappa shape index (κ3) is 4.12. The molecule has 0 unspecified atom stereocenters. The summed E-state index contributed by atoms with van der Waals surface area (Å²) in [5.74, 6) is 0.890. The zero-order chi connectivity index (χ0) is 11.3. The second kappa shape index (κ2) is 5.86. The van der Waals surface area contributed by atoms with E-state index in [1.54, 1.807) is 0 Å². The first kappa shape index (κ1) is 13.0. The maximum Gasteiger partial charge on any atom is 0.0448 e. The number of hydrogen-bond acceptors (Lipinski definition) is 2. The summed E-state index contributed by atoms with van der Waals surface area (Å²) in [4.78, 5) is 2.43. The van der Waals surface area contributed by atoms with E-state index in [0.717, 1.165) is 12.3 Å². The fourth-order valence-electron chi connectivity index (χ4n) is 2.47. The fraction of sp³-hybridized carbons (Fsp3) is 1.00. The van der Waals surface area contributed by atoms with E-state index in [-0.39, 0.29) is 5.54 Å². The summed E-state index contributed by atoms with van der Waals surface area (Å²) in [5, 5.41) is 9.03. The largest absolute Gasteiger partial charge is 0.396 e. The predicted octanol–water partition coefficient (Wildman–Crippen LogP) is 2.66. The van der Waals surface area contributed by atoms with Crippen LogP contribution in [-0.4, -0.2) is 35.7 Å². The minimum atomic E-state index is 0.145. The quantitative estimate of drug-likeness (QED) is 0.759. The molecule has 0 aromatic heterocycles. The third-order valence-electron chi connectivity index (χ3n) is 4.01. The third-order valence-corrected chi connectivity index (χ3v) is 4.01. The summed E-state index contributed by atoms with van der Waals surface area (Å²) in [7, 11) is 2.20. The Bertz CT molecular complexity index is 173. The molecule has 1 aliphatic rings. The smallest absolute Gasteiger partial charge is 0.0448 e. The summed E-state index contributed by atoms with van der Waals surface area (Å²) in [6, 6.07) is 0. The minimum absolute atomic E-state index is 0.145. The van der Waals surface area contributed by atoms with E-state index in [1.165, 1.54) is 38.6 Å². The van der Waals surface area contributed by atoms with Crippen molar-refractivity contribution >= 4 is 0 Å². The van der Waals surface area contributed by atoms with Crippen LogP contribution in [0.3, 0.4) is 0 Å². The van der Waals surface area contributed by atoms with Gasteiger partial charge in [0.15, 0.2) is 0 Å². The zero-order valence-electron chi connectivity index (χ0n) is 10.6. The van der Waals surface area contributed by atoms with Crippen molar-refractivity contribution in [1.82, 2.24) is 4.90 Å². The SMILES string of the molecule is CN(CC1CCCCC1)C(C)(C)CCO. The van der Waals surface area contributed by atoms with Crippen LogP contribution in [0.2, 0.25) is 0 Å². The van der Waals surface area contributed by atoms with Crippen LogP contribution in [0.1, 0.15) is 52.4 Å². The Labute approximate surface area is 94.7 Å². The van der Waals surface area contributed by atoms with E-state index in [4.69, 9.17) is 5.11 Å². The molecule has 0 atom stereocenters. The monoisotopic (exact) mass is 213 g/mol. The summed E-state index contributed by atoms with van der Waals surface area (Å²) >= 11 is 0. The van der Waals surface area contributed by atoms with Crippen LogP contribution in [0.4, 0.5) is 0 Å². The Morgan fingerprint density at radius 1 is 1.20 bits per heavy atom. The highest BCUT2D eigenvalue weighted by Crippen LogP contribution is 2.27. The Morgan fingerprint density at radius 2 is 1.80 bits per heavy atom. The minimum Gasteiger partial charge on any atom is -0.396 e. The van der Waals surface area contributed by atoms with Gasteiger partial charge in [0.05, 0.1) is 0 Å². The number of nitrogens with zero attached hydrogens (tertiary/aromatic N) is 1. The first-order valence-corrected chi connectivity index (χ1v) is 6.38. The first-order chi connectivity index (χ1) is 7.06. The van der Waals surface area contributed by atoms with Gasteiger partial charge in [-0.15, -0.1) is 0 Å². The summed E-state index contributed by atoms with van der Waals surface area (Å²) in [6.45, 7) is 5.95. The molecule has 0 aliphatic heterocycles. The second-order valence-corrected chi connectivity index (χ2v) is 5.67. The van der Waals surface area contributed by atoms with Gasteiger partial charge in [0.2, 0.25) is 0 Å². The van der Waals surface area contributed by atoms with Crippen LogP contribution in [0.25, 0.3) is 0 Å². The molecule has 2 heteroatoms. The van der Waals surface area contributed by atoms with Gasteiger partial charge >= 0.3 is 0 Å². The van der Waals surface area contributed by atoms with Gasteiger partial charge in [-0.2, -0.15) is 0 Å². The molecule has 0 bridgehead atoms. The second-order valence-electron chi connectivity index (χ2n) is 5.67. The Balaban J connectivity index is 2.35. The average Bonchev–Trinajstić information content (AvgIpc) is 2.19. The maximum absolute atomic E-state index is 9.03. The Morgan fingerprint density at radius 3 is 2.33 bits per heavy atom. The lowest BCUT2D eigenvalue weighted by Gasteiger charge is -2.38. The van der Waals surface area contributed by atoms with Gasteiger partial charge in [-0.3, -0.25) is 0 Å². The van der Waals surface area contributed by atoms with Gasteiger partial charge in [0, 0.05) is 18.7 Å². The lowest BCUT2D eigenvalue weighted by molar-refractivity contribution is 0.0914. The van der Waals surface area contributed by atoms with Crippen molar-refractivity contribution in [3.8, 4) is 0 Å². The van der Waals surface area contributed by atoms with Crippen molar-refractivity contribution in [2.75, 3.05) is 20.2 Å². The zero-order valence-corrected chi connectivity index (χ0v) is 10.6. The van der Waals surface area contributed by atoms with Gasteiger partial charge in [0.25, 0.3) is 0 Å². The van der Waals surface area contributed by atoms with Crippen molar-refractivity contribution in [1.29, 1.82) is 0 Å². The van der Waals surface area contributed by atoms with Crippen LogP contribution < -0.4 is 0 Å². The molecule has 0 radical (unpaired) electrons. The van der Waals surface area contributed by atoms with Crippen molar-refractivity contribution in [2.24, 2.45) is 5.92 Å². The molecule has 15 heavy (non-hydrogen) atoms. The highest BCUT2D eigenvalue weighted by atomic mass is 16.3. The molecule has 1 aliphatic carbocycles. The van der Waals surface area contributed by atoms with Gasteiger partial charge in [-0.05, 0) is 46.1 Å². The molecule has 0 aromatic carbocycles. The standard InChI is InChI=1S/C13H27NO/c1-13(2,9-10-15)14(3)11-12-7-5-4-6-8-12/h12,15H,4-11H2,1-3H3. The van der Waals surface area contributed by atoms with Crippen LogP contribution in [0.15, 0.2) is 0 Å². The van der Waals surface area contributed by atoms with Crippen LogP contribution in [0.5, 0.6) is 0 Å². The number of rotatable bonds is 5. The molecule has 0 heterocycles. The van der Waals surface area contributed by atoms with E-state index >= 15 is 0 Å². The van der Waals surface area contributed by atoms with Gasteiger partial charge in [0.1, 0.15) is 0 Å². The molecule has 1 rings (SSSR count). The van der Waals surface area contributed by atoms with E-state index < -0.39 is 0 Å². The van der Waals surface area contributed by atoms with Crippen LogP contribution in [-0.2, 0) is 0 Å². The Kier molecular flexibility index (Phi) is 5.07. The average molecular weight is 213 g/mol. The molecular weight excluding hydrogens is 186 g/mol. The summed E-state index contributed by atoms with van der Waals surface area (Å²) < 4.78 is 0. The van der Waals surface area contributed by atoms with Crippen LogP contribution >= 0.6 is 0 Å². The lowest BCUT2D eigenvalue weighted by Crippen LogP contribution is -2.44. The highest BCUT2D eigenvalue weighted by molar-refractivity contribution is 4.81.